The summed E-state index contributed by atoms with van der Waals surface area (Å²) in [6, 6.07) is 0. The van der Waals surface area contributed by atoms with E-state index in [9.17, 15) is 14.4 Å². The minimum atomic E-state index is -0.794. The molecule has 0 heterocycles. The van der Waals surface area contributed by atoms with Crippen molar-refractivity contribution in [2.75, 3.05) is 13.2 Å². The van der Waals surface area contributed by atoms with Gasteiger partial charge in [0.1, 0.15) is 13.2 Å². The highest BCUT2D eigenvalue weighted by molar-refractivity contribution is 5.71. The lowest BCUT2D eigenvalue weighted by Crippen LogP contribution is -2.30. The SMILES string of the molecule is CC/C=C\C/C=C\C/C=C\C/C=C\C/C=C\CCCCCCCCCCCCCCCCCCCCCC(=O)OCC(COC(=O)CCCCCCC)OC(=O)CCCC/C=C\C/C=C\C/C=C\C/C=C\CC. The Balaban J connectivity index is 3.94. The average molecular weight is 1010 g/mol. The van der Waals surface area contributed by atoms with Gasteiger partial charge in [-0.05, 0) is 103 Å². The number of carbonyl (C=O) groups is 3. The third-order valence-electron chi connectivity index (χ3n) is 12.8. The highest BCUT2D eigenvalue weighted by Gasteiger charge is 2.19. The molecule has 0 radical (unpaired) electrons. The van der Waals surface area contributed by atoms with Crippen LogP contribution in [0, 0.1) is 0 Å². The third-order valence-corrected chi connectivity index (χ3v) is 12.8. The standard InChI is InChI=1S/C67H112O6/c1-4-7-10-13-15-17-19-21-23-24-25-26-27-28-29-30-31-32-33-34-35-36-37-38-39-40-41-42-44-45-47-49-51-54-57-60-66(69)72-63-64(62-71-65(68)59-56-53-12-9-6-3)73-67(70)61-58-55-52-50-48-46-43-22-20-18-16-14-11-8-5-2/h7-8,10-11,15-18,21-23,25-26,28-29,43,48,50,64H,4-6,9,12-14,19-20,24,27,30-42,44-47,49,51-63H2,1-3H3/b10-7-,11-8-,17-15-,18-16-,23-21-,26-25-,29-28-,43-22-,50-48-. The van der Waals surface area contributed by atoms with Gasteiger partial charge in [0.15, 0.2) is 6.10 Å². The van der Waals surface area contributed by atoms with Gasteiger partial charge in [0.05, 0.1) is 0 Å². The lowest BCUT2D eigenvalue weighted by atomic mass is 10.0. The molecule has 0 fully saturated rings. The number of rotatable bonds is 54. The Kier molecular flexibility index (Phi) is 57.4. The molecule has 6 heteroatoms. The fraction of sp³-hybridized carbons (Fsp3) is 0.687. The second kappa shape index (κ2) is 60.6. The van der Waals surface area contributed by atoms with Crippen molar-refractivity contribution in [3.8, 4) is 0 Å². The maximum atomic E-state index is 12.7. The predicted molar refractivity (Wildman–Crippen MR) is 316 cm³/mol. The molecule has 0 N–H and O–H groups in total. The Morgan fingerprint density at radius 3 is 0.863 bits per heavy atom. The summed E-state index contributed by atoms with van der Waals surface area (Å²) in [4.78, 5) is 37.8. The highest BCUT2D eigenvalue weighted by atomic mass is 16.6. The zero-order valence-electron chi connectivity index (χ0n) is 47.6. The average Bonchev–Trinajstić information content (AvgIpc) is 3.39. The maximum absolute atomic E-state index is 12.7. The number of allylic oxidation sites excluding steroid dienone is 18. The van der Waals surface area contributed by atoms with Crippen LogP contribution in [0.5, 0.6) is 0 Å². The fourth-order valence-electron chi connectivity index (χ4n) is 8.28. The van der Waals surface area contributed by atoms with Gasteiger partial charge in [-0.3, -0.25) is 14.4 Å². The van der Waals surface area contributed by atoms with Crippen LogP contribution in [0.15, 0.2) is 109 Å². The van der Waals surface area contributed by atoms with E-state index in [2.05, 4.69) is 130 Å². The van der Waals surface area contributed by atoms with E-state index in [1.807, 2.05) is 0 Å². The van der Waals surface area contributed by atoms with Crippen molar-refractivity contribution in [1.82, 2.24) is 0 Å². The number of esters is 3. The Morgan fingerprint density at radius 1 is 0.288 bits per heavy atom. The summed E-state index contributed by atoms with van der Waals surface area (Å²) < 4.78 is 16.7. The van der Waals surface area contributed by atoms with Crippen LogP contribution in [0.25, 0.3) is 0 Å². The second-order valence-electron chi connectivity index (χ2n) is 19.9. The van der Waals surface area contributed by atoms with Crippen molar-refractivity contribution in [3.05, 3.63) is 109 Å². The second-order valence-corrected chi connectivity index (χ2v) is 19.9. The lowest BCUT2D eigenvalue weighted by Gasteiger charge is -2.18. The largest absolute Gasteiger partial charge is 0.462 e. The van der Waals surface area contributed by atoms with Crippen LogP contribution in [-0.2, 0) is 28.6 Å². The molecule has 1 unspecified atom stereocenters. The molecule has 0 aromatic rings. The van der Waals surface area contributed by atoms with E-state index in [0.29, 0.717) is 19.3 Å². The first-order valence-corrected chi connectivity index (χ1v) is 30.4. The number of hydrogen-bond acceptors (Lipinski definition) is 6. The van der Waals surface area contributed by atoms with Gasteiger partial charge in [0.2, 0.25) is 0 Å². The van der Waals surface area contributed by atoms with E-state index in [1.165, 1.54) is 116 Å². The quantitative estimate of drug-likeness (QED) is 0.0261. The van der Waals surface area contributed by atoms with Crippen LogP contribution in [-0.4, -0.2) is 37.2 Å². The van der Waals surface area contributed by atoms with Gasteiger partial charge < -0.3 is 14.2 Å². The molecule has 0 aromatic heterocycles. The van der Waals surface area contributed by atoms with E-state index in [-0.39, 0.29) is 37.5 Å². The van der Waals surface area contributed by atoms with Crippen LogP contribution < -0.4 is 0 Å². The molecule has 0 saturated carbocycles. The van der Waals surface area contributed by atoms with Gasteiger partial charge in [0.25, 0.3) is 0 Å². The van der Waals surface area contributed by atoms with Crippen molar-refractivity contribution in [2.24, 2.45) is 0 Å². The van der Waals surface area contributed by atoms with Gasteiger partial charge in [-0.15, -0.1) is 0 Å². The molecular weight excluding hydrogens is 901 g/mol. The number of ether oxygens (including phenoxy) is 3. The molecule has 0 aliphatic carbocycles. The Morgan fingerprint density at radius 2 is 0.534 bits per heavy atom. The fourth-order valence-corrected chi connectivity index (χ4v) is 8.28. The molecule has 416 valence electrons. The summed E-state index contributed by atoms with van der Waals surface area (Å²) in [7, 11) is 0. The summed E-state index contributed by atoms with van der Waals surface area (Å²) in [6.07, 6.45) is 83.1. The summed E-state index contributed by atoms with van der Waals surface area (Å²) in [6.45, 7) is 6.29. The van der Waals surface area contributed by atoms with Crippen molar-refractivity contribution in [2.45, 2.75) is 284 Å². The summed E-state index contributed by atoms with van der Waals surface area (Å²) in [5, 5.41) is 0. The molecule has 0 saturated heterocycles. The van der Waals surface area contributed by atoms with E-state index >= 15 is 0 Å². The van der Waals surface area contributed by atoms with E-state index in [0.717, 1.165) is 116 Å². The third kappa shape index (κ3) is 58.8. The molecule has 0 amide bonds. The van der Waals surface area contributed by atoms with E-state index < -0.39 is 6.10 Å². The molecular formula is C67H112O6. The molecule has 0 bridgehead atoms. The molecule has 0 rings (SSSR count). The highest BCUT2D eigenvalue weighted by Crippen LogP contribution is 2.16. The maximum Gasteiger partial charge on any atom is 0.306 e. The van der Waals surface area contributed by atoms with Gasteiger partial charge in [-0.1, -0.05) is 265 Å². The summed E-state index contributed by atoms with van der Waals surface area (Å²) in [5.41, 5.74) is 0. The van der Waals surface area contributed by atoms with Crippen molar-refractivity contribution >= 4 is 17.9 Å². The zero-order chi connectivity index (χ0) is 52.9. The molecule has 1 atom stereocenters. The molecule has 0 aromatic carbocycles. The van der Waals surface area contributed by atoms with E-state index in [1.54, 1.807) is 0 Å². The van der Waals surface area contributed by atoms with Gasteiger partial charge >= 0.3 is 17.9 Å². The predicted octanol–water partition coefficient (Wildman–Crippen LogP) is 20.7. The summed E-state index contributed by atoms with van der Waals surface area (Å²) in [5.74, 6) is -0.946. The zero-order valence-corrected chi connectivity index (χ0v) is 47.6. The lowest BCUT2D eigenvalue weighted by molar-refractivity contribution is -0.167. The minimum absolute atomic E-state index is 0.0926. The number of hydrogen-bond donors (Lipinski definition) is 0. The topological polar surface area (TPSA) is 78.9 Å². The first kappa shape index (κ1) is 69.1. The Hall–Kier alpha value is -3.93. The van der Waals surface area contributed by atoms with Crippen LogP contribution in [0.1, 0.15) is 278 Å². The number of carbonyl (C=O) groups excluding carboxylic acids is 3. The first-order valence-electron chi connectivity index (χ1n) is 30.4. The van der Waals surface area contributed by atoms with Crippen LogP contribution in [0.4, 0.5) is 0 Å². The van der Waals surface area contributed by atoms with Gasteiger partial charge in [-0.2, -0.15) is 0 Å². The molecule has 0 aliphatic rings. The van der Waals surface area contributed by atoms with Crippen molar-refractivity contribution in [1.29, 1.82) is 0 Å². The molecule has 0 spiro atoms. The van der Waals surface area contributed by atoms with Crippen LogP contribution in [0.3, 0.4) is 0 Å². The molecule has 0 aliphatic heterocycles. The first-order chi connectivity index (χ1) is 36.0. The van der Waals surface area contributed by atoms with Crippen molar-refractivity contribution < 1.29 is 28.6 Å². The normalized spacial score (nSPS) is 12.9. The van der Waals surface area contributed by atoms with Gasteiger partial charge in [0, 0.05) is 19.3 Å². The van der Waals surface area contributed by atoms with Crippen molar-refractivity contribution in [3.63, 3.8) is 0 Å². The Bertz CT molecular complexity index is 1490. The molecule has 73 heavy (non-hydrogen) atoms. The molecule has 6 nitrogen and oxygen atoms in total. The van der Waals surface area contributed by atoms with Crippen LogP contribution in [0.2, 0.25) is 0 Å². The smallest absolute Gasteiger partial charge is 0.306 e. The monoisotopic (exact) mass is 1010 g/mol. The van der Waals surface area contributed by atoms with Crippen LogP contribution >= 0.6 is 0 Å². The number of unbranched alkanes of at least 4 members (excludes halogenated alkanes) is 25. The Labute approximate surface area is 450 Å². The summed E-state index contributed by atoms with van der Waals surface area (Å²) >= 11 is 0. The van der Waals surface area contributed by atoms with Gasteiger partial charge in [-0.25, -0.2) is 0 Å². The minimum Gasteiger partial charge on any atom is -0.462 e. The van der Waals surface area contributed by atoms with E-state index in [4.69, 9.17) is 14.2 Å².